The first-order valence-electron chi connectivity index (χ1n) is 7.35. The summed E-state index contributed by atoms with van der Waals surface area (Å²) in [6, 6.07) is 9.86. The molecule has 1 atom stereocenters. The number of halogens is 2. The quantitative estimate of drug-likeness (QED) is 0.854. The smallest absolute Gasteiger partial charge is 0.341 e. The maximum absolute atomic E-state index is 13.4. The van der Waals surface area contributed by atoms with Gasteiger partial charge in [-0.2, -0.15) is 0 Å². The van der Waals surface area contributed by atoms with Crippen LogP contribution in [-0.2, 0) is 9.53 Å². The van der Waals surface area contributed by atoms with Crippen LogP contribution >= 0.6 is 0 Å². The first kappa shape index (κ1) is 17.6. The molecule has 0 saturated carbocycles. The zero-order valence-corrected chi connectivity index (χ0v) is 13.3. The van der Waals surface area contributed by atoms with E-state index < -0.39 is 35.7 Å². The summed E-state index contributed by atoms with van der Waals surface area (Å²) < 4.78 is 31.0. The monoisotopic (exact) mass is 333 g/mol. The van der Waals surface area contributed by atoms with Gasteiger partial charge in [-0.1, -0.05) is 29.8 Å². The maximum atomic E-state index is 13.4. The van der Waals surface area contributed by atoms with Gasteiger partial charge in [-0.15, -0.1) is 0 Å². The van der Waals surface area contributed by atoms with Crippen molar-refractivity contribution in [2.75, 3.05) is 6.61 Å². The van der Waals surface area contributed by atoms with Crippen LogP contribution in [0.25, 0.3) is 0 Å². The molecular formula is C18H17F2NO3. The van der Waals surface area contributed by atoms with Gasteiger partial charge in [-0.3, -0.25) is 4.79 Å². The second kappa shape index (κ2) is 7.68. The van der Waals surface area contributed by atoms with Crippen molar-refractivity contribution in [3.05, 3.63) is 70.8 Å². The number of benzene rings is 2. The van der Waals surface area contributed by atoms with E-state index in [4.69, 9.17) is 4.74 Å². The number of aryl methyl sites for hydroxylation is 1. The van der Waals surface area contributed by atoms with Gasteiger partial charge in [-0.05, 0) is 31.5 Å². The van der Waals surface area contributed by atoms with Gasteiger partial charge >= 0.3 is 5.97 Å². The number of ether oxygens (including phenoxy) is 1. The van der Waals surface area contributed by atoms with E-state index in [2.05, 4.69) is 5.32 Å². The molecule has 0 bridgehead atoms. The Bertz CT molecular complexity index is 744. The van der Waals surface area contributed by atoms with Crippen molar-refractivity contribution < 1.29 is 23.1 Å². The van der Waals surface area contributed by atoms with E-state index in [1.165, 1.54) is 0 Å². The molecule has 0 aliphatic heterocycles. The average molecular weight is 333 g/mol. The normalized spacial score (nSPS) is 11.7. The number of rotatable bonds is 5. The van der Waals surface area contributed by atoms with Crippen molar-refractivity contribution in [1.82, 2.24) is 5.32 Å². The zero-order valence-electron chi connectivity index (χ0n) is 13.3. The molecule has 1 N–H and O–H groups in total. The number of amides is 1. The minimum atomic E-state index is -1.03. The van der Waals surface area contributed by atoms with Crippen LogP contribution in [0, 0.1) is 18.6 Å². The third kappa shape index (κ3) is 4.62. The molecule has 2 rings (SSSR count). The van der Waals surface area contributed by atoms with Crippen molar-refractivity contribution in [1.29, 1.82) is 0 Å². The van der Waals surface area contributed by atoms with Gasteiger partial charge in [0.25, 0.3) is 5.91 Å². The first-order valence-corrected chi connectivity index (χ1v) is 7.35. The van der Waals surface area contributed by atoms with Crippen LogP contribution in [0.3, 0.4) is 0 Å². The number of nitrogens with one attached hydrogen (secondary N) is 1. The van der Waals surface area contributed by atoms with E-state index in [0.29, 0.717) is 6.07 Å². The molecule has 1 amide bonds. The lowest BCUT2D eigenvalue weighted by atomic mass is 10.1. The number of carbonyl (C=O) groups excluding carboxylic acids is 2. The van der Waals surface area contributed by atoms with E-state index >= 15 is 0 Å². The number of hydrogen-bond acceptors (Lipinski definition) is 3. The second-order valence-electron chi connectivity index (χ2n) is 5.40. The van der Waals surface area contributed by atoms with Crippen molar-refractivity contribution in [3.8, 4) is 0 Å². The molecule has 0 aliphatic carbocycles. The predicted molar refractivity (Wildman–Crippen MR) is 84.4 cm³/mol. The summed E-state index contributed by atoms with van der Waals surface area (Å²) in [6.45, 7) is 3.21. The average Bonchev–Trinajstić information content (AvgIpc) is 2.53. The maximum Gasteiger partial charge on any atom is 0.341 e. The molecule has 0 aromatic heterocycles. The van der Waals surface area contributed by atoms with Crippen molar-refractivity contribution in [3.63, 3.8) is 0 Å². The van der Waals surface area contributed by atoms with Crippen molar-refractivity contribution >= 4 is 11.9 Å². The Hall–Kier alpha value is -2.76. The fraction of sp³-hybridized carbons (Fsp3) is 0.222. The minimum absolute atomic E-state index is 0.264. The number of hydrogen-bond donors (Lipinski definition) is 1. The van der Waals surface area contributed by atoms with Crippen molar-refractivity contribution in [2.24, 2.45) is 0 Å². The highest BCUT2D eigenvalue weighted by Crippen LogP contribution is 2.13. The third-order valence-electron chi connectivity index (χ3n) is 3.44. The molecule has 2 aromatic carbocycles. The Labute approximate surface area is 138 Å². The summed E-state index contributed by atoms with van der Waals surface area (Å²) >= 11 is 0. The molecule has 0 radical (unpaired) electrons. The van der Waals surface area contributed by atoms with Crippen LogP contribution in [0.1, 0.15) is 34.5 Å². The van der Waals surface area contributed by atoms with Gasteiger partial charge < -0.3 is 10.1 Å². The van der Waals surface area contributed by atoms with E-state index in [1.807, 2.05) is 31.2 Å². The Morgan fingerprint density at radius 1 is 1.12 bits per heavy atom. The topological polar surface area (TPSA) is 55.4 Å². The zero-order chi connectivity index (χ0) is 17.7. The summed E-state index contributed by atoms with van der Waals surface area (Å²) in [7, 11) is 0. The van der Waals surface area contributed by atoms with E-state index in [1.54, 1.807) is 6.92 Å². The number of carbonyl (C=O) groups is 2. The number of esters is 1. The molecule has 0 spiro atoms. The lowest BCUT2D eigenvalue weighted by Crippen LogP contribution is -2.31. The Morgan fingerprint density at radius 3 is 2.42 bits per heavy atom. The summed E-state index contributed by atoms with van der Waals surface area (Å²) in [5, 5.41) is 2.68. The van der Waals surface area contributed by atoms with Gasteiger partial charge in [0.05, 0.1) is 11.6 Å². The lowest BCUT2D eigenvalue weighted by Gasteiger charge is -2.14. The van der Waals surface area contributed by atoms with Gasteiger partial charge in [-0.25, -0.2) is 13.6 Å². The highest BCUT2D eigenvalue weighted by molar-refractivity contribution is 5.91. The molecule has 0 aliphatic rings. The predicted octanol–water partition coefficient (Wildman–Crippen LogP) is 3.31. The third-order valence-corrected chi connectivity index (χ3v) is 3.44. The molecule has 0 fully saturated rings. The second-order valence-corrected chi connectivity index (χ2v) is 5.40. The Kier molecular flexibility index (Phi) is 5.63. The SMILES string of the molecule is Cc1ccc(C(C)NC(=O)COC(=O)c2ccc(F)cc2F)cc1. The summed E-state index contributed by atoms with van der Waals surface area (Å²) in [6.07, 6.45) is 0. The van der Waals surface area contributed by atoms with Gasteiger partial charge in [0.2, 0.25) is 0 Å². The van der Waals surface area contributed by atoms with Crippen LogP contribution in [0.2, 0.25) is 0 Å². The first-order chi connectivity index (χ1) is 11.4. The van der Waals surface area contributed by atoms with E-state index in [0.717, 1.165) is 23.3 Å². The summed E-state index contributed by atoms with van der Waals surface area (Å²) in [4.78, 5) is 23.5. The molecule has 6 heteroatoms. The molecular weight excluding hydrogens is 316 g/mol. The van der Waals surface area contributed by atoms with Crippen LogP contribution in [0.5, 0.6) is 0 Å². The highest BCUT2D eigenvalue weighted by Gasteiger charge is 2.16. The fourth-order valence-corrected chi connectivity index (χ4v) is 2.09. The van der Waals surface area contributed by atoms with Crippen molar-refractivity contribution in [2.45, 2.75) is 19.9 Å². The molecule has 126 valence electrons. The van der Waals surface area contributed by atoms with Crippen LogP contribution in [0.15, 0.2) is 42.5 Å². The standard InChI is InChI=1S/C18H17F2NO3/c1-11-3-5-13(6-4-11)12(2)21-17(22)10-24-18(23)15-8-7-14(19)9-16(15)20/h3-9,12H,10H2,1-2H3,(H,21,22). The summed E-state index contributed by atoms with van der Waals surface area (Å²) in [5.41, 5.74) is 1.59. The largest absolute Gasteiger partial charge is 0.452 e. The van der Waals surface area contributed by atoms with Gasteiger partial charge in [0.1, 0.15) is 11.6 Å². The van der Waals surface area contributed by atoms with Gasteiger partial charge in [0, 0.05) is 6.07 Å². The summed E-state index contributed by atoms with van der Waals surface area (Å²) in [5.74, 6) is -3.37. The van der Waals surface area contributed by atoms with E-state index in [-0.39, 0.29) is 6.04 Å². The molecule has 24 heavy (non-hydrogen) atoms. The van der Waals surface area contributed by atoms with Crippen LogP contribution < -0.4 is 5.32 Å². The minimum Gasteiger partial charge on any atom is -0.452 e. The van der Waals surface area contributed by atoms with Crippen LogP contribution in [-0.4, -0.2) is 18.5 Å². The Morgan fingerprint density at radius 2 is 1.79 bits per heavy atom. The molecule has 2 aromatic rings. The molecule has 1 unspecified atom stereocenters. The van der Waals surface area contributed by atoms with Crippen LogP contribution in [0.4, 0.5) is 8.78 Å². The fourth-order valence-electron chi connectivity index (χ4n) is 2.09. The molecule has 4 nitrogen and oxygen atoms in total. The van der Waals surface area contributed by atoms with Gasteiger partial charge in [0.15, 0.2) is 6.61 Å². The highest BCUT2D eigenvalue weighted by atomic mass is 19.1. The molecule has 0 heterocycles. The molecule has 0 saturated heterocycles. The van der Waals surface area contributed by atoms with E-state index in [9.17, 15) is 18.4 Å². The Balaban J connectivity index is 1.88. The lowest BCUT2D eigenvalue weighted by molar-refractivity contribution is -0.124.